The van der Waals surface area contributed by atoms with Crippen LogP contribution in [0.15, 0.2) is 0 Å². The van der Waals surface area contributed by atoms with E-state index < -0.39 is 27.4 Å². The Balaban J connectivity index is 2.81. The second-order valence-corrected chi connectivity index (χ2v) is 7.53. The molecule has 0 bridgehead atoms. The number of piperidine rings is 1. The molecular formula is C13H24N2O5S. The molecule has 2 N–H and O–H groups in total. The van der Waals surface area contributed by atoms with E-state index in [2.05, 4.69) is 5.32 Å². The zero-order chi connectivity index (χ0) is 16.3. The third-order valence-corrected chi connectivity index (χ3v) is 5.47. The first-order valence-corrected chi connectivity index (χ1v) is 9.01. The monoisotopic (exact) mass is 320 g/mol. The van der Waals surface area contributed by atoms with Crippen LogP contribution in [0.25, 0.3) is 0 Å². The van der Waals surface area contributed by atoms with Crippen LogP contribution in [0.1, 0.15) is 39.5 Å². The van der Waals surface area contributed by atoms with Crippen LogP contribution in [-0.4, -0.2) is 54.6 Å². The van der Waals surface area contributed by atoms with Gasteiger partial charge in [-0.25, -0.2) is 17.5 Å². The van der Waals surface area contributed by atoms with Crippen LogP contribution in [-0.2, 0) is 19.6 Å². The lowest BCUT2D eigenvalue weighted by atomic mass is 9.90. The van der Waals surface area contributed by atoms with Crippen molar-refractivity contribution < 1.29 is 23.1 Å². The third kappa shape index (κ3) is 4.16. The maximum atomic E-state index is 12.3. The molecule has 0 aromatic carbocycles. The number of sulfonamides is 1. The minimum Gasteiger partial charge on any atom is -0.480 e. The molecule has 1 unspecified atom stereocenters. The molecule has 0 aromatic heterocycles. The van der Waals surface area contributed by atoms with Crippen molar-refractivity contribution in [2.75, 3.05) is 19.3 Å². The Hall–Kier alpha value is -1.15. The number of nitrogens with zero attached hydrogens (tertiary/aromatic N) is 1. The van der Waals surface area contributed by atoms with E-state index in [1.165, 1.54) is 4.31 Å². The number of aliphatic carboxylic acids is 1. The molecule has 0 saturated carbocycles. The number of carboxylic acids is 1. The number of carbonyl (C=O) groups is 2. The number of carboxylic acid groups (broad SMARTS) is 1. The molecule has 1 rings (SSSR count). The SMILES string of the molecule is CCC(CC)(NC(=O)C1CCCN(S(C)(=O)=O)C1)C(=O)O. The summed E-state index contributed by atoms with van der Waals surface area (Å²) in [6.07, 6.45) is 2.86. The van der Waals surface area contributed by atoms with Crippen LogP contribution in [0.5, 0.6) is 0 Å². The number of carbonyl (C=O) groups excluding carboxylic acids is 1. The van der Waals surface area contributed by atoms with Crippen LogP contribution in [0.2, 0.25) is 0 Å². The van der Waals surface area contributed by atoms with Crippen molar-refractivity contribution in [1.29, 1.82) is 0 Å². The second-order valence-electron chi connectivity index (χ2n) is 5.54. The van der Waals surface area contributed by atoms with Crippen molar-refractivity contribution in [3.63, 3.8) is 0 Å². The summed E-state index contributed by atoms with van der Waals surface area (Å²) in [6, 6.07) is 0. The third-order valence-electron chi connectivity index (χ3n) is 4.20. The largest absolute Gasteiger partial charge is 0.480 e. The smallest absolute Gasteiger partial charge is 0.329 e. The van der Waals surface area contributed by atoms with Crippen molar-refractivity contribution >= 4 is 21.9 Å². The van der Waals surface area contributed by atoms with E-state index in [4.69, 9.17) is 0 Å². The van der Waals surface area contributed by atoms with Crippen LogP contribution >= 0.6 is 0 Å². The molecular weight excluding hydrogens is 296 g/mol. The zero-order valence-electron chi connectivity index (χ0n) is 12.8. The molecule has 0 spiro atoms. The summed E-state index contributed by atoms with van der Waals surface area (Å²) in [5.41, 5.74) is -1.27. The maximum absolute atomic E-state index is 12.3. The standard InChI is InChI=1S/C13H24N2O5S/c1-4-13(5-2,12(17)18)14-11(16)10-7-6-8-15(9-10)21(3,19)20/h10H,4-9H2,1-3H3,(H,14,16)(H,17,18). The number of nitrogens with one attached hydrogen (secondary N) is 1. The summed E-state index contributed by atoms with van der Waals surface area (Å²) >= 11 is 0. The van der Waals surface area contributed by atoms with Gasteiger partial charge in [-0.15, -0.1) is 0 Å². The highest BCUT2D eigenvalue weighted by atomic mass is 32.2. The number of hydrogen-bond acceptors (Lipinski definition) is 4. The predicted molar refractivity (Wildman–Crippen MR) is 78.2 cm³/mol. The van der Waals surface area contributed by atoms with E-state index in [1.807, 2.05) is 0 Å². The zero-order valence-corrected chi connectivity index (χ0v) is 13.6. The Bertz CT molecular complexity index is 499. The topological polar surface area (TPSA) is 104 Å². The van der Waals surface area contributed by atoms with Gasteiger partial charge in [0.15, 0.2) is 0 Å². The van der Waals surface area contributed by atoms with Gasteiger partial charge in [-0.05, 0) is 25.7 Å². The number of amides is 1. The predicted octanol–water partition coefficient (Wildman–Crippen LogP) is 0.418. The molecule has 8 heteroatoms. The average Bonchev–Trinajstić information content (AvgIpc) is 2.43. The molecule has 0 radical (unpaired) electrons. The summed E-state index contributed by atoms with van der Waals surface area (Å²) in [5.74, 6) is -1.93. The first kappa shape index (κ1) is 17.9. The lowest BCUT2D eigenvalue weighted by Gasteiger charge is -2.34. The molecule has 7 nitrogen and oxygen atoms in total. The minimum absolute atomic E-state index is 0.119. The van der Waals surface area contributed by atoms with E-state index in [0.29, 0.717) is 19.4 Å². The molecule has 1 heterocycles. The highest BCUT2D eigenvalue weighted by Gasteiger charge is 2.39. The van der Waals surface area contributed by atoms with Crippen LogP contribution in [0.4, 0.5) is 0 Å². The molecule has 1 saturated heterocycles. The van der Waals surface area contributed by atoms with E-state index in [1.54, 1.807) is 13.8 Å². The van der Waals surface area contributed by atoms with Crippen LogP contribution in [0.3, 0.4) is 0 Å². The van der Waals surface area contributed by atoms with Gasteiger partial charge in [0.1, 0.15) is 5.54 Å². The summed E-state index contributed by atoms with van der Waals surface area (Å²) in [5, 5.41) is 11.9. The molecule has 1 aliphatic rings. The van der Waals surface area contributed by atoms with E-state index >= 15 is 0 Å². The molecule has 1 fully saturated rings. The van der Waals surface area contributed by atoms with Crippen molar-refractivity contribution in [3.8, 4) is 0 Å². The van der Waals surface area contributed by atoms with Gasteiger partial charge < -0.3 is 10.4 Å². The van der Waals surface area contributed by atoms with Crippen molar-refractivity contribution in [2.45, 2.75) is 45.1 Å². The first-order valence-electron chi connectivity index (χ1n) is 7.16. The van der Waals surface area contributed by atoms with Gasteiger partial charge in [-0.3, -0.25) is 4.79 Å². The molecule has 1 aliphatic heterocycles. The fourth-order valence-electron chi connectivity index (χ4n) is 2.58. The van der Waals surface area contributed by atoms with Crippen molar-refractivity contribution in [2.24, 2.45) is 5.92 Å². The molecule has 1 amide bonds. The minimum atomic E-state index is -3.33. The van der Waals surface area contributed by atoms with Gasteiger partial charge >= 0.3 is 5.97 Å². The summed E-state index contributed by atoms with van der Waals surface area (Å²) in [4.78, 5) is 23.7. The Kier molecular flexibility index (Phi) is 5.75. The molecule has 0 aliphatic carbocycles. The average molecular weight is 320 g/mol. The Labute approximate surface area is 125 Å². The second kappa shape index (κ2) is 6.74. The van der Waals surface area contributed by atoms with E-state index in [9.17, 15) is 23.1 Å². The fourth-order valence-corrected chi connectivity index (χ4v) is 3.49. The van der Waals surface area contributed by atoms with Crippen LogP contribution < -0.4 is 5.32 Å². The normalized spacial score (nSPS) is 21.0. The fraction of sp³-hybridized carbons (Fsp3) is 0.846. The van der Waals surface area contributed by atoms with Gasteiger partial charge in [-0.2, -0.15) is 0 Å². The Morgan fingerprint density at radius 1 is 1.33 bits per heavy atom. The first-order chi connectivity index (χ1) is 9.66. The van der Waals surface area contributed by atoms with E-state index in [-0.39, 0.29) is 25.3 Å². The summed E-state index contributed by atoms with van der Waals surface area (Å²) in [7, 11) is -3.33. The van der Waals surface area contributed by atoms with Crippen molar-refractivity contribution in [3.05, 3.63) is 0 Å². The Morgan fingerprint density at radius 3 is 2.33 bits per heavy atom. The maximum Gasteiger partial charge on any atom is 0.329 e. The van der Waals surface area contributed by atoms with Crippen LogP contribution in [0, 0.1) is 5.92 Å². The highest BCUT2D eigenvalue weighted by Crippen LogP contribution is 2.22. The highest BCUT2D eigenvalue weighted by molar-refractivity contribution is 7.88. The van der Waals surface area contributed by atoms with Gasteiger partial charge in [0.25, 0.3) is 0 Å². The van der Waals surface area contributed by atoms with Gasteiger partial charge in [-0.1, -0.05) is 13.8 Å². The van der Waals surface area contributed by atoms with Gasteiger partial charge in [0.2, 0.25) is 15.9 Å². The lowest BCUT2D eigenvalue weighted by Crippen LogP contribution is -2.57. The number of rotatable bonds is 6. The van der Waals surface area contributed by atoms with Crippen molar-refractivity contribution in [1.82, 2.24) is 9.62 Å². The Morgan fingerprint density at radius 2 is 1.90 bits per heavy atom. The molecule has 122 valence electrons. The van der Waals surface area contributed by atoms with Gasteiger partial charge in [0, 0.05) is 13.1 Å². The van der Waals surface area contributed by atoms with E-state index in [0.717, 1.165) is 6.26 Å². The number of hydrogen-bond donors (Lipinski definition) is 2. The molecule has 0 aromatic rings. The molecule has 21 heavy (non-hydrogen) atoms. The quantitative estimate of drug-likeness (QED) is 0.738. The van der Waals surface area contributed by atoms with Gasteiger partial charge in [0.05, 0.1) is 12.2 Å². The lowest BCUT2D eigenvalue weighted by molar-refractivity contribution is -0.149. The summed E-state index contributed by atoms with van der Waals surface area (Å²) < 4.78 is 24.4. The summed E-state index contributed by atoms with van der Waals surface area (Å²) in [6.45, 7) is 3.95. The molecule has 1 atom stereocenters.